The zero-order valence-corrected chi connectivity index (χ0v) is 15.5. The molecule has 0 aliphatic carbocycles. The predicted molar refractivity (Wildman–Crippen MR) is 109 cm³/mol. The molecule has 0 aliphatic heterocycles. The van der Waals surface area contributed by atoms with Crippen LogP contribution in [-0.2, 0) is 4.79 Å². The monoisotopic (exact) mass is 375 g/mol. The molecule has 0 aliphatic rings. The van der Waals surface area contributed by atoms with Crippen LogP contribution in [0.4, 0.5) is 5.69 Å². The summed E-state index contributed by atoms with van der Waals surface area (Å²) in [5, 5.41) is 10.1. The van der Waals surface area contributed by atoms with Crippen LogP contribution in [0.1, 0.15) is 27.1 Å². The number of amides is 3. The molecule has 0 radical (unpaired) electrons. The number of benzene rings is 3. The summed E-state index contributed by atoms with van der Waals surface area (Å²) in [6.07, 6.45) is 0.128. The van der Waals surface area contributed by atoms with Gasteiger partial charge in [-0.2, -0.15) is 0 Å². The lowest BCUT2D eigenvalue weighted by atomic mass is 10.1. The number of hydrogen-bond donors (Lipinski definition) is 3. The van der Waals surface area contributed by atoms with Gasteiger partial charge in [0.2, 0.25) is 5.91 Å². The molecule has 0 saturated heterocycles. The van der Waals surface area contributed by atoms with E-state index in [4.69, 9.17) is 0 Å². The molecule has 0 saturated carbocycles. The van der Waals surface area contributed by atoms with E-state index in [1.54, 1.807) is 37.4 Å². The molecule has 6 heteroatoms. The summed E-state index contributed by atoms with van der Waals surface area (Å²) in [7, 11) is 1.55. The molecule has 3 aromatic rings. The fourth-order valence-corrected chi connectivity index (χ4v) is 2.83. The standard InChI is InChI=1S/C22H21N3O3/c1-23-21(27)17-7-4-8-19(14-17)25-20(26)11-12-24-22(28)18-10-9-15-5-2-3-6-16(15)13-18/h2-10,13-14H,11-12H2,1H3,(H,23,27)(H,24,28)(H,25,26). The van der Waals surface area contributed by atoms with Gasteiger partial charge in [0, 0.05) is 36.8 Å². The maximum Gasteiger partial charge on any atom is 0.251 e. The largest absolute Gasteiger partial charge is 0.355 e. The van der Waals surface area contributed by atoms with E-state index >= 15 is 0 Å². The van der Waals surface area contributed by atoms with Crippen molar-refractivity contribution >= 4 is 34.2 Å². The van der Waals surface area contributed by atoms with Gasteiger partial charge >= 0.3 is 0 Å². The second-order valence-electron chi connectivity index (χ2n) is 6.28. The first-order chi connectivity index (χ1) is 13.6. The zero-order valence-electron chi connectivity index (χ0n) is 15.5. The van der Waals surface area contributed by atoms with Crippen LogP contribution in [0, 0.1) is 0 Å². The summed E-state index contributed by atoms with van der Waals surface area (Å²) in [5.74, 6) is -0.688. The average molecular weight is 375 g/mol. The summed E-state index contributed by atoms with van der Waals surface area (Å²) in [6, 6.07) is 20.0. The molecule has 6 nitrogen and oxygen atoms in total. The quantitative estimate of drug-likeness (QED) is 0.619. The summed E-state index contributed by atoms with van der Waals surface area (Å²) >= 11 is 0. The smallest absolute Gasteiger partial charge is 0.251 e. The van der Waals surface area contributed by atoms with Gasteiger partial charge in [-0.3, -0.25) is 14.4 Å². The molecule has 0 atom stereocenters. The van der Waals surface area contributed by atoms with E-state index in [0.717, 1.165) is 10.8 Å². The normalized spacial score (nSPS) is 10.3. The van der Waals surface area contributed by atoms with Crippen LogP contribution in [-0.4, -0.2) is 31.3 Å². The Balaban J connectivity index is 1.52. The molecule has 3 rings (SSSR count). The highest BCUT2D eigenvalue weighted by Gasteiger charge is 2.09. The van der Waals surface area contributed by atoms with Crippen molar-refractivity contribution in [3.8, 4) is 0 Å². The topological polar surface area (TPSA) is 87.3 Å². The molecule has 0 aromatic heterocycles. The van der Waals surface area contributed by atoms with Crippen molar-refractivity contribution in [2.45, 2.75) is 6.42 Å². The minimum atomic E-state index is -0.243. The van der Waals surface area contributed by atoms with E-state index in [1.807, 2.05) is 36.4 Å². The molecule has 0 unspecified atom stereocenters. The number of nitrogens with one attached hydrogen (secondary N) is 3. The number of carbonyl (C=O) groups excluding carboxylic acids is 3. The van der Waals surface area contributed by atoms with Crippen molar-refractivity contribution in [3.05, 3.63) is 77.9 Å². The third-order valence-electron chi connectivity index (χ3n) is 4.28. The number of rotatable bonds is 6. The van der Waals surface area contributed by atoms with E-state index in [-0.39, 0.29) is 30.7 Å². The molecule has 0 spiro atoms. The first-order valence-electron chi connectivity index (χ1n) is 8.96. The van der Waals surface area contributed by atoms with Gasteiger partial charge < -0.3 is 16.0 Å². The van der Waals surface area contributed by atoms with E-state index in [0.29, 0.717) is 16.8 Å². The summed E-state index contributed by atoms with van der Waals surface area (Å²) in [6.45, 7) is 0.215. The van der Waals surface area contributed by atoms with Gasteiger partial charge in [-0.1, -0.05) is 36.4 Å². The summed E-state index contributed by atoms with van der Waals surface area (Å²) in [4.78, 5) is 36.0. The molecule has 142 valence electrons. The summed E-state index contributed by atoms with van der Waals surface area (Å²) < 4.78 is 0. The fraction of sp³-hybridized carbons (Fsp3) is 0.136. The predicted octanol–water partition coefficient (Wildman–Crippen LogP) is 2.96. The van der Waals surface area contributed by atoms with Crippen molar-refractivity contribution < 1.29 is 14.4 Å². The van der Waals surface area contributed by atoms with Gasteiger partial charge in [-0.15, -0.1) is 0 Å². The van der Waals surface area contributed by atoms with Gasteiger partial charge in [-0.25, -0.2) is 0 Å². The highest BCUT2D eigenvalue weighted by Crippen LogP contribution is 2.15. The molecule has 0 heterocycles. The van der Waals surface area contributed by atoms with Gasteiger partial charge in [-0.05, 0) is 41.1 Å². The van der Waals surface area contributed by atoms with E-state index < -0.39 is 0 Å². The van der Waals surface area contributed by atoms with Crippen molar-refractivity contribution in [2.75, 3.05) is 18.9 Å². The van der Waals surface area contributed by atoms with E-state index in [1.165, 1.54) is 0 Å². The molecule has 3 amide bonds. The van der Waals surface area contributed by atoms with E-state index in [2.05, 4.69) is 16.0 Å². The maximum absolute atomic E-state index is 12.3. The van der Waals surface area contributed by atoms with Gasteiger partial charge in [0.15, 0.2) is 0 Å². The average Bonchev–Trinajstić information content (AvgIpc) is 2.72. The first kappa shape index (κ1) is 19.1. The molecule has 0 fully saturated rings. The number of anilines is 1. The number of carbonyl (C=O) groups is 3. The lowest BCUT2D eigenvalue weighted by molar-refractivity contribution is -0.116. The van der Waals surface area contributed by atoms with Crippen LogP contribution in [0.2, 0.25) is 0 Å². The van der Waals surface area contributed by atoms with Crippen molar-refractivity contribution in [1.82, 2.24) is 10.6 Å². The van der Waals surface area contributed by atoms with Crippen LogP contribution in [0.5, 0.6) is 0 Å². The highest BCUT2D eigenvalue weighted by molar-refractivity contribution is 5.99. The third-order valence-corrected chi connectivity index (χ3v) is 4.28. The molecule has 3 N–H and O–H groups in total. The first-order valence-corrected chi connectivity index (χ1v) is 8.96. The van der Waals surface area contributed by atoms with Crippen molar-refractivity contribution in [3.63, 3.8) is 0 Å². The van der Waals surface area contributed by atoms with Gasteiger partial charge in [0.1, 0.15) is 0 Å². The second-order valence-corrected chi connectivity index (χ2v) is 6.28. The second kappa shape index (κ2) is 8.81. The Bertz CT molecular complexity index is 1030. The Labute approximate surface area is 162 Å². The lowest BCUT2D eigenvalue weighted by Gasteiger charge is -2.08. The van der Waals surface area contributed by atoms with Crippen LogP contribution in [0.25, 0.3) is 10.8 Å². The Morgan fingerprint density at radius 1 is 0.786 bits per heavy atom. The molecule has 28 heavy (non-hydrogen) atoms. The Morgan fingerprint density at radius 3 is 2.32 bits per heavy atom. The molecule has 0 bridgehead atoms. The van der Waals surface area contributed by atoms with Gasteiger partial charge in [0.25, 0.3) is 11.8 Å². The van der Waals surface area contributed by atoms with Crippen LogP contribution >= 0.6 is 0 Å². The third kappa shape index (κ3) is 4.73. The maximum atomic E-state index is 12.3. The Kier molecular flexibility index (Phi) is 6.01. The van der Waals surface area contributed by atoms with Crippen molar-refractivity contribution in [2.24, 2.45) is 0 Å². The van der Waals surface area contributed by atoms with E-state index in [9.17, 15) is 14.4 Å². The van der Waals surface area contributed by atoms with Crippen LogP contribution in [0.15, 0.2) is 66.7 Å². The Hall–Kier alpha value is -3.67. The lowest BCUT2D eigenvalue weighted by Crippen LogP contribution is -2.27. The minimum Gasteiger partial charge on any atom is -0.355 e. The molecule has 3 aromatic carbocycles. The highest BCUT2D eigenvalue weighted by atomic mass is 16.2. The van der Waals surface area contributed by atoms with Crippen molar-refractivity contribution in [1.29, 1.82) is 0 Å². The minimum absolute atomic E-state index is 0.128. The zero-order chi connectivity index (χ0) is 19.9. The Morgan fingerprint density at radius 2 is 1.54 bits per heavy atom. The summed E-state index contributed by atoms with van der Waals surface area (Å²) in [5.41, 5.74) is 1.55. The van der Waals surface area contributed by atoms with Crippen LogP contribution < -0.4 is 16.0 Å². The number of fused-ring (bicyclic) bond motifs is 1. The molecular formula is C22H21N3O3. The molecular weight excluding hydrogens is 354 g/mol. The van der Waals surface area contributed by atoms with Gasteiger partial charge in [0.05, 0.1) is 0 Å². The number of hydrogen-bond acceptors (Lipinski definition) is 3. The SMILES string of the molecule is CNC(=O)c1cccc(NC(=O)CCNC(=O)c2ccc3ccccc3c2)c1. The van der Waals surface area contributed by atoms with Crippen LogP contribution in [0.3, 0.4) is 0 Å². The fourth-order valence-electron chi connectivity index (χ4n) is 2.83.